The lowest BCUT2D eigenvalue weighted by Gasteiger charge is -2.34. The predicted molar refractivity (Wildman–Crippen MR) is 125 cm³/mol. The topological polar surface area (TPSA) is 141 Å². The van der Waals surface area contributed by atoms with Gasteiger partial charge in [-0.25, -0.2) is 4.79 Å². The highest BCUT2D eigenvalue weighted by atomic mass is 16.6. The number of aromatic nitrogens is 1. The van der Waals surface area contributed by atoms with Gasteiger partial charge in [0, 0.05) is 42.5 Å². The Bertz CT molecular complexity index is 1050. The number of H-pyrrole nitrogens is 1. The van der Waals surface area contributed by atoms with E-state index in [0.717, 1.165) is 16.5 Å². The van der Waals surface area contributed by atoms with E-state index in [-0.39, 0.29) is 24.2 Å². The van der Waals surface area contributed by atoms with Crippen molar-refractivity contribution in [2.75, 3.05) is 19.6 Å². The molecule has 10 heteroatoms. The number of piperidine rings is 1. The molecular weight excluding hydrogens is 440 g/mol. The number of alkyl carbamates (subject to hydrolysis) is 1. The van der Waals surface area contributed by atoms with E-state index in [9.17, 15) is 19.2 Å². The average Bonchev–Trinajstić information content (AvgIpc) is 3.18. The van der Waals surface area contributed by atoms with E-state index in [4.69, 9.17) is 9.84 Å². The van der Waals surface area contributed by atoms with Gasteiger partial charge in [-0.3, -0.25) is 14.4 Å². The van der Waals surface area contributed by atoms with Crippen molar-refractivity contribution in [3.8, 4) is 0 Å². The van der Waals surface area contributed by atoms with E-state index in [0.29, 0.717) is 25.9 Å². The van der Waals surface area contributed by atoms with Crippen LogP contribution in [0.4, 0.5) is 4.79 Å². The Morgan fingerprint density at radius 1 is 1.18 bits per heavy atom. The van der Waals surface area contributed by atoms with Crippen LogP contribution in [0.3, 0.4) is 0 Å². The second kappa shape index (κ2) is 10.6. The Balaban J connectivity index is 1.70. The number of hydrogen-bond donors (Lipinski definition) is 4. The van der Waals surface area contributed by atoms with Crippen LogP contribution in [0.2, 0.25) is 0 Å². The summed E-state index contributed by atoms with van der Waals surface area (Å²) in [5.74, 6) is -2.03. The van der Waals surface area contributed by atoms with E-state index in [1.807, 2.05) is 30.5 Å². The summed E-state index contributed by atoms with van der Waals surface area (Å²) in [7, 11) is 0. The third-order valence-corrected chi connectivity index (χ3v) is 5.68. The first-order valence-corrected chi connectivity index (χ1v) is 11.4. The molecule has 1 saturated heterocycles. The van der Waals surface area contributed by atoms with Crippen LogP contribution >= 0.6 is 0 Å². The van der Waals surface area contributed by atoms with Crippen LogP contribution in [0.25, 0.3) is 10.9 Å². The normalized spacial score (nSPS) is 15.6. The lowest BCUT2D eigenvalue weighted by molar-refractivity contribution is -0.139. The van der Waals surface area contributed by atoms with Gasteiger partial charge in [0.05, 0.1) is 0 Å². The number of aromatic amines is 1. The van der Waals surface area contributed by atoms with Gasteiger partial charge >= 0.3 is 12.1 Å². The lowest BCUT2D eigenvalue weighted by Crippen LogP contribution is -2.53. The van der Waals surface area contributed by atoms with Crippen molar-refractivity contribution in [1.29, 1.82) is 0 Å². The highest BCUT2D eigenvalue weighted by Gasteiger charge is 2.33. The minimum atomic E-state index is -1.10. The molecule has 1 aliphatic heterocycles. The van der Waals surface area contributed by atoms with Crippen LogP contribution in [-0.4, -0.2) is 70.1 Å². The van der Waals surface area contributed by atoms with Gasteiger partial charge in [0.25, 0.3) is 0 Å². The van der Waals surface area contributed by atoms with E-state index in [1.54, 1.807) is 25.7 Å². The van der Waals surface area contributed by atoms with Crippen molar-refractivity contribution in [3.63, 3.8) is 0 Å². The number of rotatable bonds is 7. The molecule has 1 fully saturated rings. The molecule has 0 spiro atoms. The smallest absolute Gasteiger partial charge is 0.408 e. The molecule has 4 N–H and O–H groups in total. The van der Waals surface area contributed by atoms with E-state index >= 15 is 0 Å². The molecule has 0 saturated carbocycles. The van der Waals surface area contributed by atoms with Gasteiger partial charge in [-0.05, 0) is 45.2 Å². The second-order valence-electron chi connectivity index (χ2n) is 9.47. The summed E-state index contributed by atoms with van der Waals surface area (Å²) in [4.78, 5) is 53.6. The Hall–Kier alpha value is -3.56. The number of hydrogen-bond acceptors (Lipinski definition) is 5. The first-order valence-electron chi connectivity index (χ1n) is 11.4. The number of nitrogens with zero attached hydrogens (tertiary/aromatic N) is 1. The van der Waals surface area contributed by atoms with Crippen LogP contribution in [-0.2, 0) is 25.5 Å². The SMILES string of the molecule is CC(C)(C)OC(=O)N[C@@H](Cc1c[nH]c2ccccc12)C(=O)N1CCC(C(=O)NCC(=O)O)CC1. The summed E-state index contributed by atoms with van der Waals surface area (Å²) in [5.41, 5.74) is 1.13. The number of nitrogens with one attached hydrogen (secondary N) is 3. The molecule has 2 aromatic rings. The Morgan fingerprint density at radius 3 is 2.50 bits per heavy atom. The Labute approximate surface area is 198 Å². The van der Waals surface area contributed by atoms with E-state index in [2.05, 4.69) is 15.6 Å². The third-order valence-electron chi connectivity index (χ3n) is 5.68. The third kappa shape index (κ3) is 6.72. The first kappa shape index (κ1) is 25.1. The van der Waals surface area contributed by atoms with Crippen LogP contribution in [0.5, 0.6) is 0 Å². The van der Waals surface area contributed by atoms with E-state index in [1.165, 1.54) is 0 Å². The minimum Gasteiger partial charge on any atom is -0.480 e. The molecule has 10 nitrogen and oxygen atoms in total. The molecule has 0 radical (unpaired) electrons. The maximum atomic E-state index is 13.4. The van der Waals surface area contributed by atoms with Crippen LogP contribution in [0.1, 0.15) is 39.2 Å². The molecule has 3 amide bonds. The van der Waals surface area contributed by atoms with Crippen molar-refractivity contribution in [3.05, 3.63) is 36.0 Å². The summed E-state index contributed by atoms with van der Waals surface area (Å²) in [6.45, 7) is 5.51. The first-order chi connectivity index (χ1) is 16.0. The molecule has 1 atom stereocenters. The molecule has 1 aromatic carbocycles. The number of amides is 3. The van der Waals surface area contributed by atoms with Crippen molar-refractivity contribution in [1.82, 2.24) is 20.5 Å². The van der Waals surface area contributed by atoms with Gasteiger partial charge in [0.2, 0.25) is 11.8 Å². The number of carboxylic acid groups (broad SMARTS) is 1. The number of fused-ring (bicyclic) bond motifs is 1. The zero-order chi connectivity index (χ0) is 24.9. The van der Waals surface area contributed by atoms with Gasteiger partial charge in [0.15, 0.2) is 0 Å². The average molecular weight is 473 g/mol. The van der Waals surface area contributed by atoms with Gasteiger partial charge in [-0.2, -0.15) is 0 Å². The molecule has 184 valence electrons. The summed E-state index contributed by atoms with van der Waals surface area (Å²) in [5, 5.41) is 14.8. The Kier molecular flexibility index (Phi) is 7.80. The maximum Gasteiger partial charge on any atom is 0.408 e. The molecule has 1 aromatic heterocycles. The van der Waals surface area contributed by atoms with Gasteiger partial charge < -0.3 is 30.4 Å². The van der Waals surface area contributed by atoms with E-state index < -0.39 is 30.3 Å². The number of ether oxygens (including phenoxy) is 1. The molecule has 34 heavy (non-hydrogen) atoms. The Morgan fingerprint density at radius 2 is 1.85 bits per heavy atom. The lowest BCUT2D eigenvalue weighted by atomic mass is 9.94. The molecule has 3 rings (SSSR count). The van der Waals surface area contributed by atoms with Crippen LogP contribution < -0.4 is 10.6 Å². The van der Waals surface area contributed by atoms with Gasteiger partial charge in [0.1, 0.15) is 18.2 Å². The fraction of sp³-hybridized carbons (Fsp3) is 0.500. The second-order valence-corrected chi connectivity index (χ2v) is 9.47. The van der Waals surface area contributed by atoms with Crippen molar-refractivity contribution in [2.45, 2.75) is 51.7 Å². The quantitative estimate of drug-likeness (QED) is 0.486. The van der Waals surface area contributed by atoms with Crippen molar-refractivity contribution in [2.24, 2.45) is 5.92 Å². The maximum absolute atomic E-state index is 13.4. The number of para-hydroxylation sites is 1. The molecular formula is C24H32N4O6. The van der Waals surface area contributed by atoms with Crippen molar-refractivity contribution < 1.29 is 29.0 Å². The number of benzene rings is 1. The number of likely N-dealkylation sites (tertiary alicyclic amines) is 1. The minimum absolute atomic E-state index is 0.250. The van der Waals surface area contributed by atoms with Crippen LogP contribution in [0, 0.1) is 5.92 Å². The van der Waals surface area contributed by atoms with Crippen molar-refractivity contribution >= 4 is 34.8 Å². The molecule has 2 heterocycles. The highest BCUT2D eigenvalue weighted by molar-refractivity contribution is 5.89. The molecule has 0 unspecified atom stereocenters. The standard InChI is InChI=1S/C24H32N4O6/c1-24(2,3)34-23(33)27-19(12-16-13-25-18-7-5-4-6-17(16)18)22(32)28-10-8-15(9-11-28)21(31)26-14-20(29)30/h4-7,13,15,19,25H,8-12,14H2,1-3H3,(H,26,31)(H,27,33)(H,29,30)/t19-/m0/s1. The fourth-order valence-electron chi connectivity index (χ4n) is 4.06. The number of carbonyl (C=O) groups is 4. The predicted octanol–water partition coefficient (Wildman–Crippen LogP) is 2.04. The largest absolute Gasteiger partial charge is 0.480 e. The van der Waals surface area contributed by atoms with Gasteiger partial charge in [-0.1, -0.05) is 18.2 Å². The monoisotopic (exact) mass is 472 g/mol. The number of aliphatic carboxylic acids is 1. The molecule has 1 aliphatic rings. The molecule has 0 bridgehead atoms. The summed E-state index contributed by atoms with van der Waals surface area (Å²) < 4.78 is 5.38. The summed E-state index contributed by atoms with van der Waals surface area (Å²) >= 11 is 0. The highest BCUT2D eigenvalue weighted by Crippen LogP contribution is 2.22. The zero-order valence-electron chi connectivity index (χ0n) is 19.7. The number of carbonyl (C=O) groups excluding carboxylic acids is 3. The van der Waals surface area contributed by atoms with Gasteiger partial charge in [-0.15, -0.1) is 0 Å². The molecule has 0 aliphatic carbocycles. The number of carboxylic acids is 1. The summed E-state index contributed by atoms with van der Waals surface area (Å²) in [6, 6.07) is 6.89. The fourth-order valence-corrected chi connectivity index (χ4v) is 4.06. The zero-order valence-corrected chi connectivity index (χ0v) is 19.7. The summed E-state index contributed by atoms with van der Waals surface area (Å²) in [6.07, 6.45) is 2.28. The van der Waals surface area contributed by atoms with Crippen LogP contribution in [0.15, 0.2) is 30.5 Å².